The van der Waals surface area contributed by atoms with E-state index in [1.807, 2.05) is 25.1 Å². The molecule has 2 heterocycles. The molecule has 0 fully saturated rings. The second-order valence-corrected chi connectivity index (χ2v) is 6.51. The number of ether oxygens (including phenoxy) is 1. The number of aromatic nitrogens is 2. The Morgan fingerprint density at radius 3 is 2.67 bits per heavy atom. The lowest BCUT2D eigenvalue weighted by atomic mass is 10.0. The Bertz CT molecular complexity index is 961. The second kappa shape index (κ2) is 7.15. The van der Waals surface area contributed by atoms with Crippen molar-refractivity contribution in [3.63, 3.8) is 0 Å². The largest absolute Gasteiger partial charge is 0.491 e. The number of halogens is 1. The smallest absolute Gasteiger partial charge is 0.274 e. The lowest BCUT2D eigenvalue weighted by Gasteiger charge is -2.25. The summed E-state index contributed by atoms with van der Waals surface area (Å²) >= 11 is 0. The Morgan fingerprint density at radius 2 is 1.93 bits per heavy atom. The molecule has 0 unspecified atom stereocenters. The van der Waals surface area contributed by atoms with Crippen LogP contribution in [0.2, 0.25) is 0 Å². The molecule has 0 bridgehead atoms. The number of nitrogens with zero attached hydrogens (tertiary/aromatic N) is 3. The predicted octanol–water partition coefficient (Wildman–Crippen LogP) is 3.71. The molecule has 0 saturated heterocycles. The summed E-state index contributed by atoms with van der Waals surface area (Å²) in [4.78, 5) is 22.7. The maximum absolute atomic E-state index is 13.2. The maximum atomic E-state index is 13.2. The van der Waals surface area contributed by atoms with Gasteiger partial charge in [-0.2, -0.15) is 0 Å². The summed E-state index contributed by atoms with van der Waals surface area (Å²) in [6, 6.07) is 12.1. The molecule has 2 aromatic carbocycles. The van der Waals surface area contributed by atoms with Crippen LogP contribution in [0.15, 0.2) is 61.1 Å². The first-order valence-corrected chi connectivity index (χ1v) is 8.70. The minimum absolute atomic E-state index is 0.110. The van der Waals surface area contributed by atoms with Gasteiger partial charge in [0.2, 0.25) is 0 Å². The normalized spacial score (nSPS) is 16.2. The highest BCUT2D eigenvalue weighted by atomic mass is 19.1. The van der Waals surface area contributed by atoms with Gasteiger partial charge in [-0.1, -0.05) is 18.2 Å². The van der Waals surface area contributed by atoms with Crippen LogP contribution in [0.5, 0.6) is 5.75 Å². The van der Waals surface area contributed by atoms with Crippen molar-refractivity contribution in [2.75, 3.05) is 6.61 Å². The number of hydrogen-bond donors (Lipinski definition) is 0. The van der Waals surface area contributed by atoms with E-state index in [2.05, 4.69) is 9.97 Å². The van der Waals surface area contributed by atoms with Crippen molar-refractivity contribution < 1.29 is 13.9 Å². The first-order valence-electron chi connectivity index (χ1n) is 8.70. The molecular formula is C21H18FN3O2. The lowest BCUT2D eigenvalue weighted by Crippen LogP contribution is -2.40. The number of benzene rings is 2. The van der Waals surface area contributed by atoms with Crippen LogP contribution in [0, 0.1) is 5.82 Å². The van der Waals surface area contributed by atoms with Crippen molar-refractivity contribution in [3.05, 3.63) is 78.1 Å². The first kappa shape index (κ1) is 17.1. The molecule has 1 amide bonds. The number of carbonyl (C=O) groups excluding carboxylic acids is 1. The van der Waals surface area contributed by atoms with Crippen molar-refractivity contribution in [2.24, 2.45) is 0 Å². The van der Waals surface area contributed by atoms with E-state index in [1.165, 1.54) is 30.7 Å². The van der Waals surface area contributed by atoms with Crippen LogP contribution >= 0.6 is 0 Å². The van der Waals surface area contributed by atoms with E-state index < -0.39 is 0 Å². The van der Waals surface area contributed by atoms with E-state index >= 15 is 0 Å². The number of fused-ring (bicyclic) bond motifs is 1. The summed E-state index contributed by atoms with van der Waals surface area (Å²) in [7, 11) is 0. The minimum atomic E-state index is -0.272. The van der Waals surface area contributed by atoms with E-state index in [0.29, 0.717) is 18.8 Å². The van der Waals surface area contributed by atoms with Gasteiger partial charge < -0.3 is 9.64 Å². The van der Waals surface area contributed by atoms with Gasteiger partial charge in [0.15, 0.2) is 0 Å². The fraction of sp³-hybridized carbons (Fsp3) is 0.190. The van der Waals surface area contributed by atoms with Crippen LogP contribution in [-0.2, 0) is 6.54 Å². The number of rotatable bonds is 2. The molecule has 1 atom stereocenters. The summed E-state index contributed by atoms with van der Waals surface area (Å²) in [5, 5.41) is 0. The average molecular weight is 363 g/mol. The van der Waals surface area contributed by atoms with E-state index in [-0.39, 0.29) is 17.8 Å². The standard InChI is InChI=1S/C21H18FN3O2/c1-14-13-27-20-7-4-16(15-2-5-18(22)6-3-15)10-17(20)12-25(14)21(26)19-11-23-8-9-24-19/h2-11,14H,12-13H2,1H3/t14-/m0/s1. The number of carbonyl (C=O) groups is 1. The van der Waals surface area contributed by atoms with Gasteiger partial charge in [-0.3, -0.25) is 9.78 Å². The molecule has 0 radical (unpaired) electrons. The van der Waals surface area contributed by atoms with Gasteiger partial charge in [0, 0.05) is 18.0 Å². The van der Waals surface area contributed by atoms with Crippen molar-refractivity contribution in [3.8, 4) is 16.9 Å². The Labute approximate surface area is 156 Å². The van der Waals surface area contributed by atoms with Crippen molar-refractivity contribution in [2.45, 2.75) is 19.5 Å². The Kier molecular flexibility index (Phi) is 4.54. The third-order valence-corrected chi connectivity index (χ3v) is 4.63. The van der Waals surface area contributed by atoms with Gasteiger partial charge >= 0.3 is 0 Å². The second-order valence-electron chi connectivity index (χ2n) is 6.51. The quantitative estimate of drug-likeness (QED) is 0.697. The lowest BCUT2D eigenvalue weighted by molar-refractivity contribution is 0.0639. The molecule has 1 aliphatic heterocycles. The number of hydrogen-bond acceptors (Lipinski definition) is 4. The average Bonchev–Trinajstić information content (AvgIpc) is 2.87. The molecule has 0 aliphatic carbocycles. The zero-order chi connectivity index (χ0) is 18.8. The summed E-state index contributed by atoms with van der Waals surface area (Å²) in [6.07, 6.45) is 4.51. The molecule has 0 saturated carbocycles. The molecule has 4 rings (SSSR count). The van der Waals surface area contributed by atoms with Crippen LogP contribution in [0.3, 0.4) is 0 Å². The van der Waals surface area contributed by atoms with Gasteiger partial charge in [-0.15, -0.1) is 0 Å². The fourth-order valence-electron chi connectivity index (χ4n) is 3.13. The zero-order valence-electron chi connectivity index (χ0n) is 14.8. The topological polar surface area (TPSA) is 55.3 Å². The monoisotopic (exact) mass is 363 g/mol. The Hall–Kier alpha value is -3.28. The summed E-state index contributed by atoms with van der Waals surface area (Å²) in [5.41, 5.74) is 3.06. The third-order valence-electron chi connectivity index (χ3n) is 4.63. The maximum Gasteiger partial charge on any atom is 0.274 e. The van der Waals surface area contributed by atoms with Crippen molar-refractivity contribution >= 4 is 5.91 Å². The molecule has 0 spiro atoms. The summed E-state index contributed by atoms with van der Waals surface area (Å²) < 4.78 is 19.1. The number of amides is 1. The first-order chi connectivity index (χ1) is 13.1. The highest BCUT2D eigenvalue weighted by Gasteiger charge is 2.27. The van der Waals surface area contributed by atoms with Crippen LogP contribution < -0.4 is 4.74 Å². The van der Waals surface area contributed by atoms with Gasteiger partial charge in [-0.05, 0) is 42.3 Å². The van der Waals surface area contributed by atoms with E-state index in [0.717, 1.165) is 22.4 Å². The fourth-order valence-corrected chi connectivity index (χ4v) is 3.13. The molecule has 5 nitrogen and oxygen atoms in total. The van der Waals surface area contributed by atoms with Crippen LogP contribution in [-0.4, -0.2) is 33.4 Å². The van der Waals surface area contributed by atoms with Crippen molar-refractivity contribution in [1.29, 1.82) is 0 Å². The van der Waals surface area contributed by atoms with Gasteiger partial charge in [0.1, 0.15) is 23.9 Å². The van der Waals surface area contributed by atoms with Gasteiger partial charge in [0.25, 0.3) is 5.91 Å². The van der Waals surface area contributed by atoms with Crippen molar-refractivity contribution in [1.82, 2.24) is 14.9 Å². The highest BCUT2D eigenvalue weighted by Crippen LogP contribution is 2.31. The van der Waals surface area contributed by atoms with Gasteiger partial charge in [0.05, 0.1) is 18.8 Å². The molecular weight excluding hydrogens is 345 g/mol. The molecule has 0 N–H and O–H groups in total. The van der Waals surface area contributed by atoms with E-state index in [9.17, 15) is 9.18 Å². The Morgan fingerprint density at radius 1 is 1.15 bits per heavy atom. The molecule has 1 aliphatic rings. The van der Waals surface area contributed by atoms with E-state index in [1.54, 1.807) is 17.0 Å². The van der Waals surface area contributed by atoms with Gasteiger partial charge in [-0.25, -0.2) is 9.37 Å². The Balaban J connectivity index is 1.67. The summed E-state index contributed by atoms with van der Waals surface area (Å²) in [6.45, 7) is 2.75. The SMILES string of the molecule is C[C@H]1COc2ccc(-c3ccc(F)cc3)cc2CN1C(=O)c1cnccn1. The summed E-state index contributed by atoms with van der Waals surface area (Å²) in [5.74, 6) is 0.299. The van der Waals surface area contributed by atoms with E-state index in [4.69, 9.17) is 4.74 Å². The van der Waals surface area contributed by atoms with Crippen LogP contribution in [0.1, 0.15) is 23.0 Å². The minimum Gasteiger partial charge on any atom is -0.491 e. The predicted molar refractivity (Wildman–Crippen MR) is 98.7 cm³/mol. The van der Waals surface area contributed by atoms with Crippen LogP contribution in [0.4, 0.5) is 4.39 Å². The molecule has 27 heavy (non-hydrogen) atoms. The molecule has 3 aromatic rings. The zero-order valence-corrected chi connectivity index (χ0v) is 14.8. The van der Waals surface area contributed by atoms with Crippen LogP contribution in [0.25, 0.3) is 11.1 Å². The molecule has 1 aromatic heterocycles. The molecule has 136 valence electrons. The highest BCUT2D eigenvalue weighted by molar-refractivity contribution is 5.92. The molecule has 6 heteroatoms. The third kappa shape index (κ3) is 3.51.